The molecule has 0 aromatic rings. The van der Waals surface area contributed by atoms with Gasteiger partial charge in [-0.1, -0.05) is 38.5 Å². The summed E-state index contributed by atoms with van der Waals surface area (Å²) in [6, 6.07) is 0. The summed E-state index contributed by atoms with van der Waals surface area (Å²) in [7, 11) is 0. The molecule has 0 aliphatic heterocycles. The Morgan fingerprint density at radius 2 is 0.444 bits per heavy atom. The normalized spacial score (nSPS) is 10.0. The van der Waals surface area contributed by atoms with Crippen molar-refractivity contribution in [3.8, 4) is 0 Å². The van der Waals surface area contributed by atoms with E-state index in [0.29, 0.717) is 0 Å². The Kier molecular flexibility index (Phi) is 24.7. The van der Waals surface area contributed by atoms with Crippen LogP contribution in [0.5, 0.6) is 0 Å². The largest absolute Gasteiger partial charge is 0.330 e. The minimum absolute atomic E-state index is 0.775. The first-order chi connectivity index (χ1) is 8.83. The maximum absolute atomic E-state index is 5.40. The minimum atomic E-state index is 0.775. The molecule has 112 valence electrons. The molecule has 0 fully saturated rings. The maximum Gasteiger partial charge on any atom is -0.00768 e. The van der Waals surface area contributed by atoms with Crippen LogP contribution in [0.4, 0.5) is 0 Å². The van der Waals surface area contributed by atoms with Gasteiger partial charge in [-0.05, 0) is 51.9 Å². The average Bonchev–Trinajstić information content (AvgIpc) is 2.40. The zero-order valence-electron chi connectivity index (χ0n) is 12.2. The molecule has 0 aromatic carbocycles. The quantitative estimate of drug-likeness (QED) is 0.401. The fourth-order valence-corrected chi connectivity index (χ4v) is 1.64. The Morgan fingerprint density at radius 3 is 0.667 bits per heavy atom. The molecule has 0 saturated heterocycles. The van der Waals surface area contributed by atoms with Crippen LogP contribution in [-0.2, 0) is 0 Å². The molecule has 18 heavy (non-hydrogen) atoms. The standard InChI is InChI=1S/C10H24N2.C4H12N2/c11-9-7-5-3-1-2-4-6-8-10-12;5-3-1-2-4-6/h1-12H2;1-6H2. The van der Waals surface area contributed by atoms with Gasteiger partial charge in [-0.15, -0.1) is 0 Å². The lowest BCUT2D eigenvalue weighted by molar-refractivity contribution is 0.572. The second kappa shape index (κ2) is 22.1. The Labute approximate surface area is 114 Å². The topological polar surface area (TPSA) is 104 Å². The van der Waals surface area contributed by atoms with Gasteiger partial charge in [0, 0.05) is 0 Å². The van der Waals surface area contributed by atoms with Crippen LogP contribution in [0.2, 0.25) is 0 Å². The monoisotopic (exact) mass is 260 g/mol. The lowest BCUT2D eigenvalue weighted by Gasteiger charge is -2.00. The van der Waals surface area contributed by atoms with Crippen LogP contribution in [-0.4, -0.2) is 26.2 Å². The summed E-state index contributed by atoms with van der Waals surface area (Å²) in [6.07, 6.45) is 12.6. The predicted octanol–water partition coefficient (Wildman–Crippen LogP) is 1.71. The third kappa shape index (κ3) is 24.9. The van der Waals surface area contributed by atoms with Gasteiger partial charge in [0.15, 0.2) is 0 Å². The molecule has 4 nitrogen and oxygen atoms in total. The van der Waals surface area contributed by atoms with E-state index >= 15 is 0 Å². The Hall–Kier alpha value is -0.160. The van der Waals surface area contributed by atoms with Crippen molar-refractivity contribution < 1.29 is 0 Å². The Morgan fingerprint density at radius 1 is 0.278 bits per heavy atom. The summed E-state index contributed by atoms with van der Waals surface area (Å²) in [5.41, 5.74) is 21.1. The van der Waals surface area contributed by atoms with E-state index in [4.69, 9.17) is 22.9 Å². The molecule has 0 aromatic heterocycles. The lowest BCUT2D eigenvalue weighted by Crippen LogP contribution is -2.03. The molecular formula is C14H36N4. The Bertz CT molecular complexity index is 106. The second-order valence-electron chi connectivity index (χ2n) is 4.69. The molecule has 0 spiro atoms. The number of hydrogen-bond donors (Lipinski definition) is 4. The zero-order chi connectivity index (χ0) is 13.9. The van der Waals surface area contributed by atoms with Crippen molar-refractivity contribution in [2.45, 2.75) is 64.2 Å². The van der Waals surface area contributed by atoms with E-state index in [-0.39, 0.29) is 0 Å². The fraction of sp³-hybridized carbons (Fsp3) is 1.00. The number of nitrogens with two attached hydrogens (primary N) is 4. The molecule has 0 atom stereocenters. The smallest absolute Gasteiger partial charge is 0.00768 e. The highest BCUT2D eigenvalue weighted by Gasteiger charge is 1.90. The first-order valence-electron chi connectivity index (χ1n) is 7.63. The molecule has 0 aliphatic carbocycles. The predicted molar refractivity (Wildman–Crippen MR) is 82.4 cm³/mol. The Balaban J connectivity index is 0. The molecule has 0 bridgehead atoms. The van der Waals surface area contributed by atoms with Gasteiger partial charge in [-0.25, -0.2) is 0 Å². The van der Waals surface area contributed by atoms with Crippen LogP contribution >= 0.6 is 0 Å². The summed E-state index contributed by atoms with van der Waals surface area (Å²) < 4.78 is 0. The average molecular weight is 260 g/mol. The van der Waals surface area contributed by atoms with E-state index < -0.39 is 0 Å². The first kappa shape index (κ1) is 20.2. The second-order valence-corrected chi connectivity index (χ2v) is 4.69. The van der Waals surface area contributed by atoms with Gasteiger partial charge in [-0.2, -0.15) is 0 Å². The number of rotatable bonds is 12. The molecule has 0 amide bonds. The van der Waals surface area contributed by atoms with Crippen molar-refractivity contribution in [1.29, 1.82) is 0 Å². The lowest BCUT2D eigenvalue weighted by atomic mass is 10.1. The van der Waals surface area contributed by atoms with Gasteiger partial charge in [-0.3, -0.25) is 0 Å². The number of unbranched alkanes of at least 4 members (excludes halogenated alkanes) is 8. The molecule has 0 saturated carbocycles. The molecule has 4 heteroatoms. The van der Waals surface area contributed by atoms with Gasteiger partial charge >= 0.3 is 0 Å². The van der Waals surface area contributed by atoms with Crippen LogP contribution in [0.1, 0.15) is 64.2 Å². The van der Waals surface area contributed by atoms with E-state index in [1.54, 1.807) is 0 Å². The third-order valence-corrected chi connectivity index (χ3v) is 2.82. The molecule has 0 radical (unpaired) electrons. The van der Waals surface area contributed by atoms with Gasteiger partial charge < -0.3 is 22.9 Å². The fourth-order valence-electron chi connectivity index (χ4n) is 1.64. The molecular weight excluding hydrogens is 224 g/mol. The van der Waals surface area contributed by atoms with E-state index in [9.17, 15) is 0 Å². The molecule has 0 unspecified atom stereocenters. The first-order valence-corrected chi connectivity index (χ1v) is 7.63. The van der Waals surface area contributed by atoms with Crippen LogP contribution in [0, 0.1) is 0 Å². The van der Waals surface area contributed by atoms with E-state index in [1.165, 1.54) is 51.4 Å². The minimum Gasteiger partial charge on any atom is -0.330 e. The van der Waals surface area contributed by atoms with Crippen LogP contribution in [0.3, 0.4) is 0 Å². The van der Waals surface area contributed by atoms with Gasteiger partial charge in [0.1, 0.15) is 0 Å². The van der Waals surface area contributed by atoms with Crippen molar-refractivity contribution in [2.24, 2.45) is 22.9 Å². The van der Waals surface area contributed by atoms with E-state index in [1.807, 2.05) is 0 Å². The van der Waals surface area contributed by atoms with Gasteiger partial charge in [0.2, 0.25) is 0 Å². The highest BCUT2D eigenvalue weighted by Crippen LogP contribution is 2.07. The van der Waals surface area contributed by atoms with E-state index in [0.717, 1.165) is 39.0 Å². The summed E-state index contributed by atoms with van der Waals surface area (Å²) in [4.78, 5) is 0. The molecule has 0 heterocycles. The highest BCUT2D eigenvalue weighted by atomic mass is 14.5. The summed E-state index contributed by atoms with van der Waals surface area (Å²) in [5.74, 6) is 0. The highest BCUT2D eigenvalue weighted by molar-refractivity contribution is 4.47. The van der Waals surface area contributed by atoms with Gasteiger partial charge in [0.25, 0.3) is 0 Å². The zero-order valence-corrected chi connectivity index (χ0v) is 12.2. The van der Waals surface area contributed by atoms with Crippen molar-refractivity contribution in [3.63, 3.8) is 0 Å². The summed E-state index contributed by atoms with van der Waals surface area (Å²) in [6.45, 7) is 3.26. The van der Waals surface area contributed by atoms with Crippen molar-refractivity contribution in [1.82, 2.24) is 0 Å². The third-order valence-electron chi connectivity index (χ3n) is 2.82. The molecule has 0 aliphatic rings. The SMILES string of the molecule is NCCCCCCCCCCN.NCCCCN. The van der Waals surface area contributed by atoms with Crippen LogP contribution < -0.4 is 22.9 Å². The molecule has 8 N–H and O–H groups in total. The summed E-state index contributed by atoms with van der Waals surface area (Å²) >= 11 is 0. The van der Waals surface area contributed by atoms with Crippen molar-refractivity contribution >= 4 is 0 Å². The van der Waals surface area contributed by atoms with Gasteiger partial charge in [0.05, 0.1) is 0 Å². The van der Waals surface area contributed by atoms with E-state index in [2.05, 4.69) is 0 Å². The number of hydrogen-bond acceptors (Lipinski definition) is 4. The molecule has 0 rings (SSSR count). The van der Waals surface area contributed by atoms with Crippen molar-refractivity contribution in [2.75, 3.05) is 26.2 Å². The van der Waals surface area contributed by atoms with Crippen LogP contribution in [0.25, 0.3) is 0 Å². The maximum atomic E-state index is 5.40. The van der Waals surface area contributed by atoms with Crippen molar-refractivity contribution in [3.05, 3.63) is 0 Å². The van der Waals surface area contributed by atoms with Crippen LogP contribution in [0.15, 0.2) is 0 Å². The summed E-state index contributed by atoms with van der Waals surface area (Å²) in [5, 5.41) is 0.